The zero-order chi connectivity index (χ0) is 17.2. The standard InChI is InChI=1S/C21H35NO2/c1-5-6-16-15-11-18-21(22-18)12-14(24-4)7-10-20(21,3)17(15)8-9-19(16,2)13-23/h13-18,22H,5-12H2,1-4H3. The fourth-order valence-electron chi connectivity index (χ4n) is 7.42. The Hall–Kier alpha value is -0.410. The molecule has 1 spiro atoms. The van der Waals surface area contributed by atoms with Gasteiger partial charge in [-0.15, -0.1) is 0 Å². The fraction of sp³-hybridized carbons (Fsp3) is 0.952. The summed E-state index contributed by atoms with van der Waals surface area (Å²) in [7, 11) is 1.88. The molecule has 8 unspecified atom stereocenters. The molecule has 1 N–H and O–H groups in total. The second-order valence-electron chi connectivity index (χ2n) is 9.75. The van der Waals surface area contributed by atoms with Crippen LogP contribution in [0.3, 0.4) is 0 Å². The minimum Gasteiger partial charge on any atom is -0.381 e. The van der Waals surface area contributed by atoms with E-state index in [0.29, 0.717) is 29.0 Å². The molecule has 1 aliphatic heterocycles. The predicted molar refractivity (Wildman–Crippen MR) is 95.8 cm³/mol. The van der Waals surface area contributed by atoms with Gasteiger partial charge >= 0.3 is 0 Å². The molecule has 0 radical (unpaired) electrons. The topological polar surface area (TPSA) is 48.2 Å². The number of fused-ring (bicyclic) bond motifs is 2. The van der Waals surface area contributed by atoms with E-state index in [1.165, 1.54) is 51.2 Å². The van der Waals surface area contributed by atoms with Gasteiger partial charge in [-0.2, -0.15) is 0 Å². The summed E-state index contributed by atoms with van der Waals surface area (Å²) in [6.45, 7) is 7.08. The summed E-state index contributed by atoms with van der Waals surface area (Å²) in [5.74, 6) is 2.09. The predicted octanol–water partition coefficient (Wildman–Crippen LogP) is 3.95. The number of carbonyl (C=O) groups is 1. The summed E-state index contributed by atoms with van der Waals surface area (Å²) in [5.41, 5.74) is 0.636. The summed E-state index contributed by atoms with van der Waals surface area (Å²) in [5, 5.41) is 3.95. The minimum atomic E-state index is -0.0911. The van der Waals surface area contributed by atoms with E-state index in [0.717, 1.165) is 18.3 Å². The van der Waals surface area contributed by atoms with Crippen LogP contribution in [0, 0.1) is 28.6 Å². The summed E-state index contributed by atoms with van der Waals surface area (Å²) in [6.07, 6.45) is 11.4. The van der Waals surface area contributed by atoms with E-state index < -0.39 is 0 Å². The van der Waals surface area contributed by atoms with Crippen molar-refractivity contribution in [1.29, 1.82) is 0 Å². The Balaban J connectivity index is 1.66. The number of nitrogens with one attached hydrogen (secondary N) is 1. The lowest BCUT2D eigenvalue weighted by Crippen LogP contribution is -2.59. The van der Waals surface area contributed by atoms with Crippen LogP contribution in [0.15, 0.2) is 0 Å². The normalized spacial score (nSPS) is 55.9. The molecule has 4 fully saturated rings. The van der Waals surface area contributed by atoms with Crippen molar-refractivity contribution in [2.75, 3.05) is 7.11 Å². The Labute approximate surface area is 147 Å². The van der Waals surface area contributed by atoms with Gasteiger partial charge in [0.1, 0.15) is 6.29 Å². The molecule has 0 aromatic carbocycles. The molecule has 0 amide bonds. The Bertz CT molecular complexity index is 522. The van der Waals surface area contributed by atoms with Crippen LogP contribution in [0.2, 0.25) is 0 Å². The SMILES string of the molecule is CCCC1C2CC3NC34CC(OC)CCC4(C)C2CCC1(C)C=O. The van der Waals surface area contributed by atoms with Gasteiger partial charge < -0.3 is 14.8 Å². The van der Waals surface area contributed by atoms with E-state index in [9.17, 15) is 4.79 Å². The Morgan fingerprint density at radius 2 is 2.04 bits per heavy atom. The number of rotatable bonds is 4. The number of hydrogen-bond donors (Lipinski definition) is 1. The second-order valence-corrected chi connectivity index (χ2v) is 9.75. The van der Waals surface area contributed by atoms with Crippen LogP contribution < -0.4 is 5.32 Å². The molecule has 0 aromatic heterocycles. The lowest BCUT2D eigenvalue weighted by molar-refractivity contribution is -0.135. The van der Waals surface area contributed by atoms with Crippen LogP contribution in [0.5, 0.6) is 0 Å². The maximum atomic E-state index is 11.9. The molecule has 3 saturated carbocycles. The highest BCUT2D eigenvalue weighted by atomic mass is 16.5. The van der Waals surface area contributed by atoms with Gasteiger partial charge in [-0.25, -0.2) is 0 Å². The molecular weight excluding hydrogens is 298 g/mol. The first kappa shape index (κ1) is 17.0. The molecule has 3 heteroatoms. The lowest BCUT2D eigenvalue weighted by Gasteiger charge is -2.60. The van der Waals surface area contributed by atoms with Gasteiger partial charge in [0.25, 0.3) is 0 Å². The fourth-order valence-corrected chi connectivity index (χ4v) is 7.42. The highest BCUT2D eigenvalue weighted by Crippen LogP contribution is 2.69. The second kappa shape index (κ2) is 5.54. The first-order chi connectivity index (χ1) is 11.4. The third-order valence-electron chi connectivity index (χ3n) is 8.90. The Kier molecular flexibility index (Phi) is 3.93. The van der Waals surface area contributed by atoms with E-state index in [-0.39, 0.29) is 5.41 Å². The van der Waals surface area contributed by atoms with Gasteiger partial charge in [-0.1, -0.05) is 27.2 Å². The third kappa shape index (κ3) is 2.06. The van der Waals surface area contributed by atoms with Crippen molar-refractivity contribution in [2.45, 2.75) is 89.8 Å². The van der Waals surface area contributed by atoms with E-state index in [1.807, 2.05) is 7.11 Å². The largest absolute Gasteiger partial charge is 0.381 e. The monoisotopic (exact) mass is 333 g/mol. The summed E-state index contributed by atoms with van der Waals surface area (Å²) >= 11 is 0. The highest BCUT2D eigenvalue weighted by Gasteiger charge is 2.73. The molecule has 24 heavy (non-hydrogen) atoms. The molecular formula is C21H35NO2. The molecule has 1 saturated heterocycles. The zero-order valence-electron chi connectivity index (χ0n) is 15.9. The molecule has 0 aromatic rings. The third-order valence-corrected chi connectivity index (χ3v) is 8.90. The summed E-state index contributed by atoms with van der Waals surface area (Å²) in [4.78, 5) is 11.9. The molecule has 1 heterocycles. The van der Waals surface area contributed by atoms with Gasteiger partial charge in [0.2, 0.25) is 0 Å². The number of hydrogen-bond acceptors (Lipinski definition) is 3. The molecule has 4 aliphatic rings. The van der Waals surface area contributed by atoms with Crippen molar-refractivity contribution in [3.63, 3.8) is 0 Å². The van der Waals surface area contributed by atoms with Gasteiger partial charge in [-0.3, -0.25) is 0 Å². The molecule has 0 bridgehead atoms. The van der Waals surface area contributed by atoms with Crippen LogP contribution in [0.4, 0.5) is 0 Å². The van der Waals surface area contributed by atoms with Crippen LogP contribution in [0.25, 0.3) is 0 Å². The number of aldehydes is 1. The first-order valence-corrected chi connectivity index (χ1v) is 10.2. The van der Waals surface area contributed by atoms with Crippen molar-refractivity contribution in [3.8, 4) is 0 Å². The van der Waals surface area contributed by atoms with E-state index in [2.05, 4.69) is 26.1 Å². The number of methoxy groups -OCH3 is 1. The number of ether oxygens (including phenoxy) is 1. The molecule has 4 rings (SSSR count). The Morgan fingerprint density at radius 1 is 1.25 bits per heavy atom. The lowest BCUT2D eigenvalue weighted by atomic mass is 9.44. The van der Waals surface area contributed by atoms with Crippen LogP contribution in [0.1, 0.15) is 72.1 Å². The average Bonchev–Trinajstić information content (AvgIpc) is 3.28. The van der Waals surface area contributed by atoms with Gasteiger partial charge in [-0.05, 0) is 68.1 Å². The molecule has 8 atom stereocenters. The van der Waals surface area contributed by atoms with E-state index >= 15 is 0 Å². The van der Waals surface area contributed by atoms with E-state index in [4.69, 9.17) is 4.74 Å². The number of carbonyl (C=O) groups excluding carboxylic acids is 1. The van der Waals surface area contributed by atoms with Crippen molar-refractivity contribution in [1.82, 2.24) is 5.32 Å². The molecule has 3 nitrogen and oxygen atoms in total. The average molecular weight is 334 g/mol. The maximum absolute atomic E-state index is 11.9. The zero-order valence-corrected chi connectivity index (χ0v) is 15.9. The Morgan fingerprint density at radius 3 is 2.71 bits per heavy atom. The quantitative estimate of drug-likeness (QED) is 0.626. The van der Waals surface area contributed by atoms with Gasteiger partial charge in [0.05, 0.1) is 6.10 Å². The van der Waals surface area contributed by atoms with Gasteiger partial charge in [0.15, 0.2) is 0 Å². The minimum absolute atomic E-state index is 0.0911. The molecule has 136 valence electrons. The van der Waals surface area contributed by atoms with Crippen molar-refractivity contribution in [2.24, 2.45) is 28.6 Å². The molecule has 3 aliphatic carbocycles. The summed E-state index contributed by atoms with van der Waals surface area (Å²) < 4.78 is 5.74. The smallest absolute Gasteiger partial charge is 0.126 e. The van der Waals surface area contributed by atoms with Crippen molar-refractivity contribution in [3.05, 3.63) is 0 Å². The first-order valence-electron chi connectivity index (χ1n) is 10.2. The van der Waals surface area contributed by atoms with Crippen LogP contribution in [-0.4, -0.2) is 31.1 Å². The van der Waals surface area contributed by atoms with Crippen LogP contribution in [-0.2, 0) is 9.53 Å². The maximum Gasteiger partial charge on any atom is 0.126 e. The van der Waals surface area contributed by atoms with Gasteiger partial charge in [0, 0.05) is 24.1 Å². The summed E-state index contributed by atoms with van der Waals surface area (Å²) in [6, 6.07) is 0.662. The highest BCUT2D eigenvalue weighted by molar-refractivity contribution is 5.60. The van der Waals surface area contributed by atoms with Crippen molar-refractivity contribution >= 4 is 6.29 Å². The van der Waals surface area contributed by atoms with Crippen molar-refractivity contribution < 1.29 is 9.53 Å². The van der Waals surface area contributed by atoms with Crippen LogP contribution >= 0.6 is 0 Å². The van der Waals surface area contributed by atoms with E-state index in [1.54, 1.807) is 0 Å².